The van der Waals surface area contributed by atoms with Gasteiger partial charge in [0, 0.05) is 6.54 Å². The quantitative estimate of drug-likeness (QED) is 0.625. The minimum absolute atomic E-state index is 0.00796. The number of rotatable bonds is 5. The summed E-state index contributed by atoms with van der Waals surface area (Å²) in [6.45, 7) is 2.46. The highest BCUT2D eigenvalue weighted by atomic mass is 16.5. The zero-order chi connectivity index (χ0) is 14.3. The summed E-state index contributed by atoms with van der Waals surface area (Å²) in [7, 11) is 1.43. The first-order valence-electron chi connectivity index (χ1n) is 5.89. The predicted octanol–water partition coefficient (Wildman–Crippen LogP) is 1.83. The molecular weight excluding hydrogens is 244 g/mol. The van der Waals surface area contributed by atoms with Crippen molar-refractivity contribution in [3.05, 3.63) is 29.3 Å². The molecule has 2 N–H and O–H groups in total. The van der Waals surface area contributed by atoms with Gasteiger partial charge in [-0.3, -0.25) is 4.79 Å². The van der Waals surface area contributed by atoms with Crippen LogP contribution in [0.25, 0.3) is 6.08 Å². The number of benzene rings is 1. The Morgan fingerprint density at radius 2 is 2.32 bits per heavy atom. The second-order valence-corrected chi connectivity index (χ2v) is 3.86. The van der Waals surface area contributed by atoms with Crippen LogP contribution in [0.1, 0.15) is 18.9 Å². The molecule has 1 aromatic rings. The molecule has 1 aromatic carbocycles. The number of aromatic hydroxyl groups is 1. The van der Waals surface area contributed by atoms with Gasteiger partial charge >= 0.3 is 0 Å². The molecule has 0 radical (unpaired) electrons. The molecule has 0 saturated carbocycles. The second-order valence-electron chi connectivity index (χ2n) is 3.86. The monoisotopic (exact) mass is 260 g/mol. The van der Waals surface area contributed by atoms with Gasteiger partial charge in [0.1, 0.15) is 11.6 Å². The number of nitriles is 1. The molecule has 0 unspecified atom stereocenters. The largest absolute Gasteiger partial charge is 0.504 e. The molecule has 5 nitrogen and oxygen atoms in total. The lowest BCUT2D eigenvalue weighted by Gasteiger charge is -2.05. The normalized spacial score (nSPS) is 10.7. The van der Waals surface area contributed by atoms with Gasteiger partial charge < -0.3 is 15.2 Å². The van der Waals surface area contributed by atoms with E-state index in [9.17, 15) is 9.90 Å². The molecular formula is C14H16N2O3. The van der Waals surface area contributed by atoms with E-state index >= 15 is 0 Å². The third kappa shape index (κ3) is 4.03. The van der Waals surface area contributed by atoms with Crippen LogP contribution >= 0.6 is 0 Å². The minimum Gasteiger partial charge on any atom is -0.504 e. The molecule has 0 spiro atoms. The maximum Gasteiger partial charge on any atom is 0.261 e. The lowest BCUT2D eigenvalue weighted by molar-refractivity contribution is -0.117. The highest BCUT2D eigenvalue weighted by molar-refractivity contribution is 6.01. The van der Waals surface area contributed by atoms with E-state index in [1.165, 1.54) is 19.3 Å². The summed E-state index contributed by atoms with van der Waals surface area (Å²) in [4.78, 5) is 11.7. The fraction of sp³-hybridized carbons (Fsp3) is 0.286. The van der Waals surface area contributed by atoms with Crippen molar-refractivity contribution in [2.45, 2.75) is 13.3 Å². The van der Waals surface area contributed by atoms with Crippen LogP contribution in [0.5, 0.6) is 11.5 Å². The maximum atomic E-state index is 11.7. The third-order valence-corrected chi connectivity index (χ3v) is 2.42. The van der Waals surface area contributed by atoms with Crippen LogP contribution in [0, 0.1) is 11.3 Å². The molecule has 0 aliphatic carbocycles. The molecule has 0 aliphatic rings. The van der Waals surface area contributed by atoms with Crippen molar-refractivity contribution >= 4 is 12.0 Å². The topological polar surface area (TPSA) is 82.4 Å². The number of phenolic OH excluding ortho intramolecular Hbond substituents is 1. The summed E-state index contributed by atoms with van der Waals surface area (Å²) in [5, 5.41) is 21.1. The zero-order valence-corrected chi connectivity index (χ0v) is 10.9. The van der Waals surface area contributed by atoms with Gasteiger partial charge in [-0.1, -0.05) is 13.0 Å². The average molecular weight is 260 g/mol. The molecule has 1 amide bonds. The maximum absolute atomic E-state index is 11.7. The van der Waals surface area contributed by atoms with Crippen molar-refractivity contribution in [3.63, 3.8) is 0 Å². The van der Waals surface area contributed by atoms with Crippen LogP contribution in [-0.2, 0) is 4.79 Å². The van der Waals surface area contributed by atoms with E-state index in [0.717, 1.165) is 6.42 Å². The fourth-order valence-corrected chi connectivity index (χ4v) is 1.43. The van der Waals surface area contributed by atoms with E-state index in [4.69, 9.17) is 10.00 Å². The molecule has 19 heavy (non-hydrogen) atoms. The number of nitrogens with one attached hydrogen (secondary N) is 1. The summed E-state index contributed by atoms with van der Waals surface area (Å²) in [5.41, 5.74) is 0.624. The van der Waals surface area contributed by atoms with E-state index in [2.05, 4.69) is 5.32 Å². The van der Waals surface area contributed by atoms with Crippen molar-refractivity contribution in [2.75, 3.05) is 13.7 Å². The molecule has 0 heterocycles. The van der Waals surface area contributed by atoms with E-state index in [1.807, 2.05) is 13.0 Å². The van der Waals surface area contributed by atoms with Crippen LogP contribution in [0.4, 0.5) is 0 Å². The van der Waals surface area contributed by atoms with Gasteiger partial charge in [-0.2, -0.15) is 5.26 Å². The van der Waals surface area contributed by atoms with Gasteiger partial charge in [0.15, 0.2) is 11.5 Å². The Bertz CT molecular complexity index is 530. The first-order valence-corrected chi connectivity index (χ1v) is 5.89. The predicted molar refractivity (Wildman–Crippen MR) is 71.5 cm³/mol. The lowest BCUT2D eigenvalue weighted by Crippen LogP contribution is -2.25. The summed E-state index contributed by atoms with van der Waals surface area (Å²) >= 11 is 0. The van der Waals surface area contributed by atoms with Gasteiger partial charge in [0.2, 0.25) is 0 Å². The Morgan fingerprint density at radius 1 is 1.58 bits per heavy atom. The van der Waals surface area contributed by atoms with E-state index in [-0.39, 0.29) is 11.3 Å². The Labute approximate surface area is 112 Å². The van der Waals surface area contributed by atoms with Crippen molar-refractivity contribution in [3.8, 4) is 17.6 Å². The number of amides is 1. The second kappa shape index (κ2) is 7.07. The number of nitrogens with zero attached hydrogens (tertiary/aromatic N) is 1. The van der Waals surface area contributed by atoms with E-state index in [1.54, 1.807) is 12.1 Å². The smallest absolute Gasteiger partial charge is 0.261 e. The van der Waals surface area contributed by atoms with Crippen LogP contribution in [0.2, 0.25) is 0 Å². The molecule has 0 atom stereocenters. The number of hydrogen-bond acceptors (Lipinski definition) is 4. The third-order valence-electron chi connectivity index (χ3n) is 2.42. The summed E-state index contributed by atoms with van der Waals surface area (Å²) in [5.74, 6) is -0.106. The SMILES string of the molecule is CCCNC(=O)/C(C#N)=C\c1ccc(O)c(OC)c1. The van der Waals surface area contributed by atoms with Crippen molar-refractivity contribution < 1.29 is 14.6 Å². The molecule has 0 aromatic heterocycles. The lowest BCUT2D eigenvalue weighted by atomic mass is 10.1. The standard InChI is InChI=1S/C14H16N2O3/c1-3-6-16-14(18)11(9-15)7-10-4-5-12(17)13(8-10)19-2/h4-5,7-8,17H,3,6H2,1-2H3,(H,16,18)/b11-7-. The minimum atomic E-state index is -0.406. The van der Waals surface area contributed by atoms with Crippen LogP contribution < -0.4 is 10.1 Å². The summed E-state index contributed by atoms with van der Waals surface area (Å²) in [6, 6.07) is 6.46. The molecule has 100 valence electrons. The molecule has 0 bridgehead atoms. The number of carbonyl (C=O) groups is 1. The highest BCUT2D eigenvalue weighted by Gasteiger charge is 2.09. The molecule has 1 rings (SSSR count). The van der Waals surface area contributed by atoms with Gasteiger partial charge in [0.05, 0.1) is 7.11 Å². The van der Waals surface area contributed by atoms with Crippen LogP contribution in [0.3, 0.4) is 0 Å². The van der Waals surface area contributed by atoms with Gasteiger partial charge in [0.25, 0.3) is 5.91 Å². The molecule has 0 aliphatic heterocycles. The van der Waals surface area contributed by atoms with E-state index < -0.39 is 5.91 Å². The molecule has 0 saturated heterocycles. The van der Waals surface area contributed by atoms with Crippen LogP contribution in [0.15, 0.2) is 23.8 Å². The molecule has 0 fully saturated rings. The highest BCUT2D eigenvalue weighted by Crippen LogP contribution is 2.27. The van der Waals surface area contributed by atoms with Crippen molar-refractivity contribution in [1.29, 1.82) is 5.26 Å². The summed E-state index contributed by atoms with van der Waals surface area (Å²) < 4.78 is 4.96. The van der Waals surface area contributed by atoms with Crippen LogP contribution in [-0.4, -0.2) is 24.7 Å². The number of methoxy groups -OCH3 is 1. The first kappa shape index (κ1) is 14.6. The van der Waals surface area contributed by atoms with Crippen molar-refractivity contribution in [2.24, 2.45) is 0 Å². The fourth-order valence-electron chi connectivity index (χ4n) is 1.43. The van der Waals surface area contributed by atoms with Crippen molar-refractivity contribution in [1.82, 2.24) is 5.32 Å². The van der Waals surface area contributed by atoms with Gasteiger partial charge in [-0.25, -0.2) is 0 Å². The molecule has 5 heteroatoms. The van der Waals surface area contributed by atoms with Gasteiger partial charge in [-0.05, 0) is 30.2 Å². The Morgan fingerprint density at radius 3 is 2.89 bits per heavy atom. The number of ether oxygens (including phenoxy) is 1. The summed E-state index contributed by atoms with van der Waals surface area (Å²) in [6.07, 6.45) is 2.25. The Kier molecular flexibility index (Phi) is 5.42. The number of phenols is 1. The van der Waals surface area contributed by atoms with E-state index in [0.29, 0.717) is 17.9 Å². The number of carbonyl (C=O) groups excluding carboxylic acids is 1. The first-order chi connectivity index (χ1) is 9.12. The Balaban J connectivity index is 2.98. The van der Waals surface area contributed by atoms with Gasteiger partial charge in [-0.15, -0.1) is 0 Å². The number of hydrogen-bond donors (Lipinski definition) is 2. The zero-order valence-electron chi connectivity index (χ0n) is 10.9. The Hall–Kier alpha value is -2.48. The average Bonchev–Trinajstić information content (AvgIpc) is 2.43.